The molecule has 0 spiro atoms. The molecule has 0 aliphatic carbocycles. The Kier molecular flexibility index (Phi) is 5.22. The van der Waals surface area contributed by atoms with Crippen molar-refractivity contribution in [1.82, 2.24) is 9.13 Å². The van der Waals surface area contributed by atoms with Gasteiger partial charge in [0.05, 0.1) is 40.3 Å². The van der Waals surface area contributed by atoms with Crippen LogP contribution >= 0.6 is 0 Å². The number of fused-ring (bicyclic) bond motifs is 6. The quantitative estimate of drug-likeness (QED) is 0.208. The van der Waals surface area contributed by atoms with Crippen LogP contribution in [0, 0.1) is 17.9 Å². The average molecular weight is 535 g/mol. The first-order valence-corrected chi connectivity index (χ1v) is 13.8. The van der Waals surface area contributed by atoms with Crippen molar-refractivity contribution in [3.63, 3.8) is 0 Å². The summed E-state index contributed by atoms with van der Waals surface area (Å²) in [7, 11) is 0. The molecule has 0 fully saturated rings. The number of aromatic nitrogens is 2. The minimum absolute atomic E-state index is 0.618. The number of nitrogens with zero attached hydrogens (tertiary/aromatic N) is 4. The Labute approximate surface area is 242 Å². The molecule has 0 amide bonds. The van der Waals surface area contributed by atoms with Crippen LogP contribution in [-0.2, 0) is 0 Å². The van der Waals surface area contributed by atoms with Gasteiger partial charge in [0.1, 0.15) is 0 Å². The molecule has 0 unspecified atom stereocenters. The Morgan fingerprint density at radius 3 is 1.71 bits per heavy atom. The summed E-state index contributed by atoms with van der Waals surface area (Å²) in [4.78, 5) is 3.66. The van der Waals surface area contributed by atoms with Gasteiger partial charge in [-0.3, -0.25) is 0 Å². The molecule has 0 atom stereocenters. The standard InChI is InChI=1S/C38H22N4/c1-40-27-18-20-38-34(22-27)32-13-4-7-16-37(32)42(38)29-19-17-26(24-39)33(23-29)25-9-8-10-28(21-25)41-35-14-5-2-11-30(35)31-12-3-6-15-36(31)41/h2-23H. The fourth-order valence-electron chi connectivity index (χ4n) is 6.33. The average Bonchev–Trinajstić information content (AvgIpc) is 3.57. The van der Waals surface area contributed by atoms with Crippen molar-refractivity contribution in [3.05, 3.63) is 150 Å². The third kappa shape index (κ3) is 3.47. The molecule has 2 heterocycles. The number of hydrogen-bond acceptors (Lipinski definition) is 1. The summed E-state index contributed by atoms with van der Waals surface area (Å²) in [6, 6.07) is 48.0. The topological polar surface area (TPSA) is 38.0 Å². The normalized spacial score (nSPS) is 11.3. The van der Waals surface area contributed by atoms with E-state index in [4.69, 9.17) is 6.57 Å². The summed E-state index contributed by atoms with van der Waals surface area (Å²) in [5.74, 6) is 0. The van der Waals surface area contributed by atoms with E-state index in [1.54, 1.807) is 0 Å². The Morgan fingerprint density at radius 1 is 0.524 bits per heavy atom. The van der Waals surface area contributed by atoms with Gasteiger partial charge in [-0.25, -0.2) is 4.85 Å². The summed E-state index contributed by atoms with van der Waals surface area (Å²) in [6.07, 6.45) is 0. The number of hydrogen-bond donors (Lipinski definition) is 0. The van der Waals surface area contributed by atoms with Crippen LogP contribution in [0.25, 0.3) is 71.0 Å². The zero-order valence-electron chi connectivity index (χ0n) is 22.5. The molecule has 42 heavy (non-hydrogen) atoms. The van der Waals surface area contributed by atoms with E-state index in [1.807, 2.05) is 42.5 Å². The van der Waals surface area contributed by atoms with E-state index in [9.17, 15) is 5.26 Å². The van der Waals surface area contributed by atoms with Gasteiger partial charge in [-0.15, -0.1) is 0 Å². The van der Waals surface area contributed by atoms with Crippen LogP contribution < -0.4 is 0 Å². The van der Waals surface area contributed by atoms with Crippen LogP contribution in [0.5, 0.6) is 0 Å². The summed E-state index contributed by atoms with van der Waals surface area (Å²) in [5, 5.41) is 14.7. The molecule has 0 bridgehead atoms. The lowest BCUT2D eigenvalue weighted by Gasteiger charge is -2.14. The number of para-hydroxylation sites is 3. The first-order chi connectivity index (χ1) is 20.7. The lowest BCUT2D eigenvalue weighted by molar-refractivity contribution is 1.17. The molecular weight excluding hydrogens is 512 g/mol. The number of nitriles is 1. The van der Waals surface area contributed by atoms with Crippen molar-refractivity contribution in [2.45, 2.75) is 0 Å². The Hall–Kier alpha value is -6.10. The van der Waals surface area contributed by atoms with E-state index in [-0.39, 0.29) is 0 Å². The molecule has 0 aliphatic heterocycles. The zero-order valence-corrected chi connectivity index (χ0v) is 22.5. The minimum atomic E-state index is 0.618. The lowest BCUT2D eigenvalue weighted by atomic mass is 9.99. The molecular formula is C38H22N4. The monoisotopic (exact) mass is 534 g/mol. The maximum absolute atomic E-state index is 10.1. The van der Waals surface area contributed by atoms with Gasteiger partial charge in [0, 0.05) is 33.1 Å². The third-order valence-electron chi connectivity index (χ3n) is 8.16. The predicted octanol–water partition coefficient (Wildman–Crippen LogP) is 9.97. The Morgan fingerprint density at radius 2 is 1.10 bits per heavy atom. The van der Waals surface area contributed by atoms with Crippen molar-refractivity contribution >= 4 is 49.3 Å². The lowest BCUT2D eigenvalue weighted by Crippen LogP contribution is -1.97. The maximum atomic E-state index is 10.1. The van der Waals surface area contributed by atoms with Crippen molar-refractivity contribution in [3.8, 4) is 28.6 Å². The molecule has 8 aromatic rings. The molecule has 194 valence electrons. The van der Waals surface area contributed by atoms with Crippen LogP contribution in [0.15, 0.2) is 133 Å². The van der Waals surface area contributed by atoms with E-state index in [2.05, 4.69) is 111 Å². The van der Waals surface area contributed by atoms with Gasteiger partial charge >= 0.3 is 0 Å². The van der Waals surface area contributed by atoms with Crippen LogP contribution in [0.2, 0.25) is 0 Å². The molecule has 0 saturated heterocycles. The molecule has 6 aromatic carbocycles. The predicted molar refractivity (Wildman–Crippen MR) is 172 cm³/mol. The van der Waals surface area contributed by atoms with Gasteiger partial charge in [-0.2, -0.15) is 5.26 Å². The van der Waals surface area contributed by atoms with Gasteiger partial charge in [0.2, 0.25) is 0 Å². The summed E-state index contributed by atoms with van der Waals surface area (Å²) in [6.45, 7) is 7.51. The second kappa shape index (κ2) is 9.24. The van der Waals surface area contributed by atoms with Gasteiger partial charge in [-0.05, 0) is 71.6 Å². The second-order valence-corrected chi connectivity index (χ2v) is 10.4. The highest BCUT2D eigenvalue weighted by Gasteiger charge is 2.16. The van der Waals surface area contributed by atoms with Crippen LogP contribution in [-0.4, -0.2) is 9.13 Å². The van der Waals surface area contributed by atoms with Gasteiger partial charge in [0.25, 0.3) is 0 Å². The van der Waals surface area contributed by atoms with E-state index < -0.39 is 0 Å². The molecule has 0 radical (unpaired) electrons. The number of benzene rings is 6. The highest BCUT2D eigenvalue weighted by Crippen LogP contribution is 2.37. The molecule has 2 aromatic heterocycles. The minimum Gasteiger partial charge on any atom is -0.309 e. The molecule has 8 rings (SSSR count). The van der Waals surface area contributed by atoms with E-state index in [0.29, 0.717) is 11.3 Å². The van der Waals surface area contributed by atoms with Crippen molar-refractivity contribution in [1.29, 1.82) is 5.26 Å². The summed E-state index contributed by atoms with van der Waals surface area (Å²) < 4.78 is 4.52. The third-order valence-corrected chi connectivity index (χ3v) is 8.16. The van der Waals surface area contributed by atoms with Crippen molar-refractivity contribution in [2.75, 3.05) is 0 Å². The van der Waals surface area contributed by atoms with Gasteiger partial charge < -0.3 is 9.13 Å². The van der Waals surface area contributed by atoms with Crippen LogP contribution in [0.1, 0.15) is 5.56 Å². The molecule has 0 saturated carbocycles. The first kappa shape index (κ1) is 23.8. The van der Waals surface area contributed by atoms with E-state index in [0.717, 1.165) is 55.3 Å². The highest BCUT2D eigenvalue weighted by atomic mass is 15.0. The fraction of sp³-hybridized carbons (Fsp3) is 0. The first-order valence-electron chi connectivity index (χ1n) is 13.8. The summed E-state index contributed by atoms with van der Waals surface area (Å²) >= 11 is 0. The van der Waals surface area contributed by atoms with Crippen LogP contribution in [0.3, 0.4) is 0 Å². The van der Waals surface area contributed by atoms with E-state index in [1.165, 1.54) is 10.8 Å². The fourth-order valence-corrected chi connectivity index (χ4v) is 6.33. The maximum Gasteiger partial charge on any atom is 0.188 e. The Balaban J connectivity index is 1.35. The number of rotatable bonds is 3. The molecule has 0 aliphatic rings. The SMILES string of the molecule is [C-]#[N+]c1ccc2c(c1)c1ccccc1n2-c1ccc(C#N)c(-c2cccc(-n3c4ccccc4c4ccccc43)c2)c1. The van der Waals surface area contributed by atoms with Crippen molar-refractivity contribution < 1.29 is 0 Å². The smallest absolute Gasteiger partial charge is 0.188 e. The van der Waals surface area contributed by atoms with Gasteiger partial charge in [0.15, 0.2) is 5.69 Å². The van der Waals surface area contributed by atoms with Crippen molar-refractivity contribution in [2.24, 2.45) is 0 Å². The second-order valence-electron chi connectivity index (χ2n) is 10.4. The largest absolute Gasteiger partial charge is 0.309 e. The summed E-state index contributed by atoms with van der Waals surface area (Å²) in [5.41, 5.74) is 9.48. The van der Waals surface area contributed by atoms with Gasteiger partial charge in [-0.1, -0.05) is 72.8 Å². The zero-order chi connectivity index (χ0) is 28.2. The van der Waals surface area contributed by atoms with Crippen LogP contribution in [0.4, 0.5) is 5.69 Å². The van der Waals surface area contributed by atoms with E-state index >= 15 is 0 Å². The highest BCUT2D eigenvalue weighted by molar-refractivity contribution is 6.11. The molecule has 4 nitrogen and oxygen atoms in total. The molecule has 4 heteroatoms. The molecule has 0 N–H and O–H groups in total. The Bertz CT molecular complexity index is 2390.